The van der Waals surface area contributed by atoms with Gasteiger partial charge in [0.05, 0.1) is 13.0 Å². The van der Waals surface area contributed by atoms with Gasteiger partial charge in [-0.1, -0.05) is 17.6 Å². The molecule has 1 aliphatic rings. The Morgan fingerprint density at radius 3 is 2.71 bits per heavy atom. The summed E-state index contributed by atoms with van der Waals surface area (Å²) in [5.41, 5.74) is 2.53. The van der Waals surface area contributed by atoms with Crippen molar-refractivity contribution < 1.29 is 9.53 Å². The SMILES string of the molecule is Bc1cccc(N2CCC(C(=O)OC)CC2)c1. The summed E-state index contributed by atoms with van der Waals surface area (Å²) in [6.45, 7) is 1.87. The van der Waals surface area contributed by atoms with Gasteiger partial charge in [0.15, 0.2) is 0 Å². The first-order chi connectivity index (χ1) is 8.20. The predicted molar refractivity (Wildman–Crippen MR) is 71.6 cm³/mol. The Kier molecular flexibility index (Phi) is 3.72. The maximum Gasteiger partial charge on any atom is 0.308 e. The monoisotopic (exact) mass is 231 g/mol. The molecule has 17 heavy (non-hydrogen) atoms. The van der Waals surface area contributed by atoms with Gasteiger partial charge >= 0.3 is 5.97 Å². The standard InChI is InChI=1S/C13H18BNO2/c1-17-13(16)10-5-7-15(8-6-10)12-4-2-3-11(14)9-12/h2-4,9-10H,5-8,14H2,1H3. The van der Waals surface area contributed by atoms with Crippen molar-refractivity contribution in [3.63, 3.8) is 0 Å². The van der Waals surface area contributed by atoms with E-state index in [-0.39, 0.29) is 11.9 Å². The molecule has 1 aromatic rings. The minimum absolute atomic E-state index is 0.0612. The second kappa shape index (κ2) is 5.26. The van der Waals surface area contributed by atoms with Crippen LogP contribution < -0.4 is 10.4 Å². The van der Waals surface area contributed by atoms with Gasteiger partial charge in [-0.15, -0.1) is 0 Å². The highest BCUT2D eigenvalue weighted by Crippen LogP contribution is 2.23. The summed E-state index contributed by atoms with van der Waals surface area (Å²) in [4.78, 5) is 13.8. The first-order valence-electron chi connectivity index (χ1n) is 6.10. The number of esters is 1. The molecule has 3 nitrogen and oxygen atoms in total. The first-order valence-corrected chi connectivity index (χ1v) is 6.10. The molecule has 1 saturated heterocycles. The minimum Gasteiger partial charge on any atom is -0.469 e. The third-order valence-corrected chi connectivity index (χ3v) is 3.40. The fourth-order valence-electron chi connectivity index (χ4n) is 2.36. The van der Waals surface area contributed by atoms with Crippen molar-refractivity contribution in [1.82, 2.24) is 0 Å². The molecule has 0 aromatic heterocycles. The number of hydrogen-bond donors (Lipinski definition) is 0. The Morgan fingerprint density at radius 2 is 2.12 bits per heavy atom. The summed E-state index contributed by atoms with van der Waals surface area (Å²) in [6, 6.07) is 8.51. The molecule has 0 spiro atoms. The lowest BCUT2D eigenvalue weighted by atomic mass is 9.94. The second-order valence-corrected chi connectivity index (χ2v) is 4.62. The van der Waals surface area contributed by atoms with Crippen LogP contribution in [0.4, 0.5) is 5.69 Å². The highest BCUT2D eigenvalue weighted by atomic mass is 16.5. The molecule has 1 aliphatic heterocycles. The molecule has 0 saturated carbocycles. The van der Waals surface area contributed by atoms with Gasteiger partial charge in [-0.25, -0.2) is 0 Å². The van der Waals surface area contributed by atoms with E-state index < -0.39 is 0 Å². The number of hydrogen-bond acceptors (Lipinski definition) is 3. The van der Waals surface area contributed by atoms with Crippen LogP contribution >= 0.6 is 0 Å². The van der Waals surface area contributed by atoms with E-state index in [1.165, 1.54) is 18.3 Å². The van der Waals surface area contributed by atoms with Crippen LogP contribution in [0.1, 0.15) is 12.8 Å². The molecule has 1 heterocycles. The van der Waals surface area contributed by atoms with Gasteiger partial charge in [-0.3, -0.25) is 4.79 Å². The van der Waals surface area contributed by atoms with E-state index in [0.29, 0.717) is 0 Å². The van der Waals surface area contributed by atoms with Crippen molar-refractivity contribution >= 4 is 25.0 Å². The molecule has 0 aliphatic carbocycles. The minimum atomic E-state index is -0.0612. The van der Waals surface area contributed by atoms with E-state index in [4.69, 9.17) is 4.74 Å². The second-order valence-electron chi connectivity index (χ2n) is 4.62. The van der Waals surface area contributed by atoms with Crippen LogP contribution in [0.5, 0.6) is 0 Å². The van der Waals surface area contributed by atoms with Gasteiger partial charge in [0.2, 0.25) is 0 Å². The molecule has 0 radical (unpaired) electrons. The molecule has 0 bridgehead atoms. The van der Waals surface area contributed by atoms with Gasteiger partial charge in [0.25, 0.3) is 0 Å². The Balaban J connectivity index is 1.97. The number of carbonyl (C=O) groups is 1. The zero-order valence-corrected chi connectivity index (χ0v) is 10.5. The number of benzene rings is 1. The van der Waals surface area contributed by atoms with Crippen LogP contribution in [0.25, 0.3) is 0 Å². The smallest absolute Gasteiger partial charge is 0.308 e. The van der Waals surface area contributed by atoms with Gasteiger partial charge < -0.3 is 9.64 Å². The van der Waals surface area contributed by atoms with E-state index >= 15 is 0 Å². The lowest BCUT2D eigenvalue weighted by Gasteiger charge is -2.32. The largest absolute Gasteiger partial charge is 0.469 e. The van der Waals surface area contributed by atoms with Gasteiger partial charge in [0.1, 0.15) is 7.85 Å². The van der Waals surface area contributed by atoms with Crippen molar-refractivity contribution in [2.24, 2.45) is 5.92 Å². The van der Waals surface area contributed by atoms with Gasteiger partial charge in [0, 0.05) is 18.8 Å². The van der Waals surface area contributed by atoms with Crippen molar-refractivity contribution in [1.29, 1.82) is 0 Å². The number of anilines is 1. The summed E-state index contributed by atoms with van der Waals surface area (Å²) in [6.07, 6.45) is 1.78. The number of nitrogens with zero attached hydrogens (tertiary/aromatic N) is 1. The molecule has 0 N–H and O–H groups in total. The summed E-state index contributed by atoms with van der Waals surface area (Å²) < 4.78 is 4.79. The van der Waals surface area contributed by atoms with Crippen LogP contribution in [-0.2, 0) is 9.53 Å². The summed E-state index contributed by atoms with van der Waals surface area (Å²) in [5.74, 6) is 0.0231. The van der Waals surface area contributed by atoms with E-state index in [1.807, 2.05) is 0 Å². The van der Waals surface area contributed by atoms with Crippen molar-refractivity contribution in [3.8, 4) is 0 Å². The first kappa shape index (κ1) is 12.0. The van der Waals surface area contributed by atoms with Crippen LogP contribution in [0.2, 0.25) is 0 Å². The number of methoxy groups -OCH3 is 1. The van der Waals surface area contributed by atoms with Gasteiger partial charge in [-0.2, -0.15) is 0 Å². The van der Waals surface area contributed by atoms with Crippen LogP contribution in [0, 0.1) is 5.92 Å². The fraction of sp³-hybridized carbons (Fsp3) is 0.462. The number of ether oxygens (including phenoxy) is 1. The predicted octanol–water partition coefficient (Wildman–Crippen LogP) is 0.334. The highest BCUT2D eigenvalue weighted by Gasteiger charge is 2.25. The van der Waals surface area contributed by atoms with E-state index in [2.05, 4.69) is 37.0 Å². The Morgan fingerprint density at radius 1 is 1.41 bits per heavy atom. The molecule has 4 heteroatoms. The molecular weight excluding hydrogens is 213 g/mol. The lowest BCUT2D eigenvalue weighted by Crippen LogP contribution is -2.37. The van der Waals surface area contributed by atoms with Crippen molar-refractivity contribution in [3.05, 3.63) is 24.3 Å². The number of carbonyl (C=O) groups excluding carboxylic acids is 1. The molecule has 1 fully saturated rings. The highest BCUT2D eigenvalue weighted by molar-refractivity contribution is 6.32. The molecule has 2 rings (SSSR count). The third kappa shape index (κ3) is 2.81. The summed E-state index contributed by atoms with van der Waals surface area (Å²) in [5, 5.41) is 0. The summed E-state index contributed by atoms with van der Waals surface area (Å²) >= 11 is 0. The maximum absolute atomic E-state index is 11.4. The van der Waals surface area contributed by atoms with Gasteiger partial charge in [-0.05, 0) is 25.0 Å². The van der Waals surface area contributed by atoms with Crippen LogP contribution in [0.3, 0.4) is 0 Å². The molecule has 0 unspecified atom stereocenters. The number of piperidine rings is 1. The van der Waals surface area contributed by atoms with Crippen molar-refractivity contribution in [2.45, 2.75) is 12.8 Å². The Labute approximate surface area is 103 Å². The van der Waals surface area contributed by atoms with Crippen LogP contribution in [-0.4, -0.2) is 34.0 Å². The Hall–Kier alpha value is -1.45. The lowest BCUT2D eigenvalue weighted by molar-refractivity contribution is -0.146. The normalized spacial score (nSPS) is 16.9. The fourth-order valence-corrected chi connectivity index (χ4v) is 2.36. The molecule has 90 valence electrons. The van der Waals surface area contributed by atoms with Crippen LogP contribution in [0.15, 0.2) is 24.3 Å². The third-order valence-electron chi connectivity index (χ3n) is 3.40. The average Bonchev–Trinajstić information content (AvgIpc) is 2.38. The van der Waals surface area contributed by atoms with Crippen molar-refractivity contribution in [2.75, 3.05) is 25.1 Å². The Bertz CT molecular complexity index is 400. The zero-order valence-electron chi connectivity index (χ0n) is 10.5. The number of rotatable bonds is 2. The quantitative estimate of drug-likeness (QED) is 0.542. The molecule has 1 aromatic carbocycles. The molecular formula is C13H18BNO2. The maximum atomic E-state index is 11.4. The topological polar surface area (TPSA) is 29.5 Å². The summed E-state index contributed by atoms with van der Waals surface area (Å²) in [7, 11) is 3.57. The molecule has 0 amide bonds. The van der Waals surface area contributed by atoms with E-state index in [1.54, 1.807) is 0 Å². The average molecular weight is 231 g/mol. The van der Waals surface area contributed by atoms with E-state index in [9.17, 15) is 4.79 Å². The zero-order chi connectivity index (χ0) is 12.3. The molecule has 0 atom stereocenters. The van der Waals surface area contributed by atoms with E-state index in [0.717, 1.165) is 25.9 Å².